The summed E-state index contributed by atoms with van der Waals surface area (Å²) in [5.74, 6) is 0.959. The van der Waals surface area contributed by atoms with Gasteiger partial charge in [-0.1, -0.05) is 71.9 Å². The standard InChI is InChI=1S/C35H55N5O2/c1-7-8-9-10-12-24(2)13-11-20-38-35(5,6)23-34(3,4)25-14-19-28-29(21-25)32(42)40(26-15-17-27(41)18-16-26)31-30(28)22-37-33(36)39-31/h14,19,21-22,24,26-27,38,41H,7-13,15-18,20,23H2,1-6H3,(H2,36,37,39). The van der Waals surface area contributed by atoms with E-state index in [1.165, 1.54) is 44.9 Å². The van der Waals surface area contributed by atoms with Crippen molar-refractivity contribution >= 4 is 27.8 Å². The SMILES string of the molecule is CCCCCCC(C)CCCNC(C)(C)CC(C)(C)c1ccc2c(c1)c(=O)n(C1CCC(O)CC1)c1nc(N)ncc21. The molecule has 1 unspecified atom stereocenters. The van der Waals surface area contributed by atoms with Crippen LogP contribution >= 0.6 is 0 Å². The van der Waals surface area contributed by atoms with Crippen LogP contribution in [-0.2, 0) is 5.41 Å². The summed E-state index contributed by atoms with van der Waals surface area (Å²) >= 11 is 0. The van der Waals surface area contributed by atoms with Crippen molar-refractivity contribution in [2.24, 2.45) is 5.92 Å². The number of aromatic nitrogens is 3. The lowest BCUT2D eigenvalue weighted by Crippen LogP contribution is -2.44. The molecule has 232 valence electrons. The van der Waals surface area contributed by atoms with Crippen LogP contribution in [0.1, 0.15) is 130 Å². The Morgan fingerprint density at radius 3 is 2.45 bits per heavy atom. The predicted octanol–water partition coefficient (Wildman–Crippen LogP) is 7.43. The number of pyridine rings is 1. The Hall–Kier alpha value is -2.51. The molecule has 2 aromatic heterocycles. The first kappa shape index (κ1) is 32.4. The van der Waals surface area contributed by atoms with Crippen molar-refractivity contribution in [2.75, 3.05) is 12.3 Å². The summed E-state index contributed by atoms with van der Waals surface area (Å²) in [5, 5.41) is 16.3. The van der Waals surface area contributed by atoms with Crippen LogP contribution in [-0.4, -0.2) is 37.8 Å². The number of anilines is 1. The summed E-state index contributed by atoms with van der Waals surface area (Å²) < 4.78 is 1.83. The zero-order chi connectivity index (χ0) is 30.5. The van der Waals surface area contributed by atoms with Crippen molar-refractivity contribution in [3.63, 3.8) is 0 Å². The van der Waals surface area contributed by atoms with E-state index in [1.807, 2.05) is 4.57 Å². The third kappa shape index (κ3) is 7.90. The molecule has 3 aromatic rings. The summed E-state index contributed by atoms with van der Waals surface area (Å²) in [5.41, 5.74) is 7.52. The molecular formula is C35H55N5O2. The molecule has 1 aliphatic rings. The van der Waals surface area contributed by atoms with Crippen LogP contribution in [0.25, 0.3) is 21.8 Å². The zero-order valence-corrected chi connectivity index (χ0v) is 27.0. The van der Waals surface area contributed by atoms with Gasteiger partial charge in [-0.25, -0.2) is 4.98 Å². The molecule has 0 saturated heterocycles. The maximum Gasteiger partial charge on any atom is 0.260 e. The second kappa shape index (κ2) is 13.9. The number of rotatable bonds is 14. The van der Waals surface area contributed by atoms with Gasteiger partial charge in [-0.05, 0) is 93.7 Å². The maximum atomic E-state index is 14.1. The van der Waals surface area contributed by atoms with Crippen LogP contribution in [0.3, 0.4) is 0 Å². The second-order valence-corrected chi connectivity index (χ2v) is 14.3. The highest BCUT2D eigenvalue weighted by Gasteiger charge is 2.31. The van der Waals surface area contributed by atoms with Gasteiger partial charge in [0.15, 0.2) is 0 Å². The Morgan fingerprint density at radius 1 is 1.02 bits per heavy atom. The van der Waals surface area contributed by atoms with E-state index in [1.54, 1.807) is 6.20 Å². The predicted molar refractivity (Wildman–Crippen MR) is 176 cm³/mol. The molecule has 1 aliphatic carbocycles. The Morgan fingerprint density at radius 2 is 1.74 bits per heavy atom. The van der Waals surface area contributed by atoms with Gasteiger partial charge < -0.3 is 16.2 Å². The highest BCUT2D eigenvalue weighted by Crippen LogP contribution is 2.36. The fourth-order valence-corrected chi connectivity index (χ4v) is 7.23. The number of benzene rings is 1. The van der Waals surface area contributed by atoms with Crippen LogP contribution in [0.5, 0.6) is 0 Å². The first-order valence-electron chi connectivity index (χ1n) is 16.5. The van der Waals surface area contributed by atoms with Gasteiger partial charge in [-0.15, -0.1) is 0 Å². The van der Waals surface area contributed by atoms with E-state index < -0.39 is 0 Å². The third-order valence-corrected chi connectivity index (χ3v) is 9.50. The van der Waals surface area contributed by atoms with Gasteiger partial charge in [0.1, 0.15) is 5.65 Å². The van der Waals surface area contributed by atoms with Gasteiger partial charge in [-0.2, -0.15) is 4.98 Å². The van der Waals surface area contributed by atoms with Gasteiger partial charge in [0, 0.05) is 28.6 Å². The molecule has 7 nitrogen and oxygen atoms in total. The van der Waals surface area contributed by atoms with Crippen molar-refractivity contribution in [3.8, 4) is 0 Å². The minimum Gasteiger partial charge on any atom is -0.393 e. The molecule has 0 radical (unpaired) electrons. The van der Waals surface area contributed by atoms with E-state index in [4.69, 9.17) is 5.73 Å². The minimum absolute atomic E-state index is 0.0130. The second-order valence-electron chi connectivity index (χ2n) is 14.3. The van der Waals surface area contributed by atoms with Crippen molar-refractivity contribution in [2.45, 2.75) is 142 Å². The topological polar surface area (TPSA) is 106 Å². The normalized spacial score (nSPS) is 19.0. The average Bonchev–Trinajstić information content (AvgIpc) is 2.93. The van der Waals surface area contributed by atoms with Crippen molar-refractivity contribution in [1.29, 1.82) is 0 Å². The number of nitrogen functional groups attached to an aromatic ring is 1. The van der Waals surface area contributed by atoms with Crippen LogP contribution in [0, 0.1) is 5.92 Å². The Balaban J connectivity index is 1.52. The van der Waals surface area contributed by atoms with Gasteiger partial charge in [-0.3, -0.25) is 9.36 Å². The van der Waals surface area contributed by atoms with Crippen LogP contribution < -0.4 is 16.6 Å². The third-order valence-electron chi connectivity index (χ3n) is 9.50. The average molecular weight is 578 g/mol. The number of aliphatic hydroxyl groups is 1. The molecule has 0 bridgehead atoms. The van der Waals surface area contributed by atoms with E-state index in [2.05, 4.69) is 75.0 Å². The van der Waals surface area contributed by atoms with Gasteiger partial charge >= 0.3 is 0 Å². The largest absolute Gasteiger partial charge is 0.393 e. The number of nitrogens with two attached hydrogens (primary N) is 1. The number of nitrogens with one attached hydrogen (secondary N) is 1. The Kier molecular flexibility index (Phi) is 10.7. The maximum absolute atomic E-state index is 14.1. The molecule has 1 saturated carbocycles. The first-order chi connectivity index (χ1) is 19.9. The molecule has 1 fully saturated rings. The summed E-state index contributed by atoms with van der Waals surface area (Å²) in [6.45, 7) is 14.8. The van der Waals surface area contributed by atoms with E-state index in [-0.39, 0.29) is 34.6 Å². The summed E-state index contributed by atoms with van der Waals surface area (Å²) in [4.78, 5) is 22.9. The first-order valence-corrected chi connectivity index (χ1v) is 16.5. The lowest BCUT2D eigenvalue weighted by atomic mass is 9.74. The van der Waals surface area contributed by atoms with Crippen LogP contribution in [0.2, 0.25) is 0 Å². The molecule has 1 aromatic carbocycles. The molecule has 1 atom stereocenters. The highest BCUT2D eigenvalue weighted by atomic mass is 16.3. The Labute approximate surface area is 252 Å². The molecule has 2 heterocycles. The zero-order valence-electron chi connectivity index (χ0n) is 27.0. The quantitative estimate of drug-likeness (QED) is 0.136. The summed E-state index contributed by atoms with van der Waals surface area (Å²) in [6.07, 6.45) is 14.5. The van der Waals surface area contributed by atoms with Gasteiger partial charge in [0.25, 0.3) is 5.56 Å². The van der Waals surface area contributed by atoms with E-state index in [0.29, 0.717) is 23.9 Å². The van der Waals surface area contributed by atoms with Gasteiger partial charge in [0.2, 0.25) is 5.95 Å². The van der Waals surface area contributed by atoms with E-state index >= 15 is 0 Å². The van der Waals surface area contributed by atoms with Crippen LogP contribution in [0.15, 0.2) is 29.2 Å². The molecule has 4 N–H and O–H groups in total. The number of aliphatic hydroxyl groups excluding tert-OH is 1. The smallest absolute Gasteiger partial charge is 0.260 e. The van der Waals surface area contributed by atoms with Crippen LogP contribution in [0.4, 0.5) is 5.95 Å². The summed E-state index contributed by atoms with van der Waals surface area (Å²) in [6, 6.07) is 6.31. The molecule has 0 spiro atoms. The van der Waals surface area contributed by atoms with E-state index in [9.17, 15) is 9.90 Å². The highest BCUT2D eigenvalue weighted by molar-refractivity contribution is 6.04. The number of hydrogen-bond donors (Lipinski definition) is 3. The lowest BCUT2D eigenvalue weighted by molar-refractivity contribution is 0.111. The number of hydrogen-bond acceptors (Lipinski definition) is 6. The molecule has 42 heavy (non-hydrogen) atoms. The minimum atomic E-state index is -0.299. The fourth-order valence-electron chi connectivity index (χ4n) is 7.23. The number of nitrogens with zero attached hydrogens (tertiary/aromatic N) is 3. The van der Waals surface area contributed by atoms with Crippen molar-refractivity contribution < 1.29 is 5.11 Å². The monoisotopic (exact) mass is 577 g/mol. The van der Waals surface area contributed by atoms with Crippen molar-refractivity contribution in [3.05, 3.63) is 40.3 Å². The molecule has 7 heteroatoms. The summed E-state index contributed by atoms with van der Waals surface area (Å²) in [7, 11) is 0. The molecular weight excluding hydrogens is 522 g/mol. The number of unbranched alkanes of at least 4 members (excludes halogenated alkanes) is 3. The molecule has 0 amide bonds. The fraction of sp³-hybridized carbons (Fsp3) is 0.686. The Bertz CT molecular complexity index is 1390. The molecule has 0 aliphatic heterocycles. The molecule has 4 rings (SSSR count). The van der Waals surface area contributed by atoms with Gasteiger partial charge in [0.05, 0.1) is 6.10 Å². The van der Waals surface area contributed by atoms with Crippen molar-refractivity contribution in [1.82, 2.24) is 19.9 Å². The lowest BCUT2D eigenvalue weighted by Gasteiger charge is -2.36. The number of fused-ring (bicyclic) bond motifs is 3. The van der Waals surface area contributed by atoms with E-state index in [0.717, 1.165) is 48.1 Å².